The highest BCUT2D eigenvalue weighted by Crippen LogP contribution is 2.17. The van der Waals surface area contributed by atoms with Gasteiger partial charge in [-0.1, -0.05) is 60.7 Å². The van der Waals surface area contributed by atoms with Gasteiger partial charge in [0.1, 0.15) is 6.04 Å². The van der Waals surface area contributed by atoms with Gasteiger partial charge in [-0.05, 0) is 40.7 Å². The molecule has 1 unspecified atom stereocenters. The number of rotatable bonds is 5. The molecule has 0 fully saturated rings. The third kappa shape index (κ3) is 4.55. The number of carbonyl (C=O) groups is 1. The van der Waals surface area contributed by atoms with Crippen molar-refractivity contribution in [2.75, 3.05) is 5.32 Å². The van der Waals surface area contributed by atoms with Crippen molar-refractivity contribution in [1.82, 2.24) is 5.32 Å². The number of hydrogen-bond donors (Lipinski definition) is 3. The molecule has 3 N–H and O–H groups in total. The fraction of sp³-hybridized carbons (Fsp3) is 0.100. The van der Waals surface area contributed by atoms with E-state index in [0.29, 0.717) is 11.5 Å². The Morgan fingerprint density at radius 2 is 1.64 bits per heavy atom. The van der Waals surface area contributed by atoms with Gasteiger partial charge in [-0.3, -0.25) is 0 Å². The zero-order chi connectivity index (χ0) is 17.6. The smallest absolute Gasteiger partial charge is 0.326 e. The van der Waals surface area contributed by atoms with Gasteiger partial charge in [-0.15, -0.1) is 0 Å². The molecular formula is C20H18N2O2S. The van der Waals surface area contributed by atoms with Crippen molar-refractivity contribution in [3.05, 3.63) is 78.4 Å². The van der Waals surface area contributed by atoms with Crippen molar-refractivity contribution in [2.24, 2.45) is 0 Å². The molecule has 0 aliphatic heterocycles. The van der Waals surface area contributed by atoms with Crippen molar-refractivity contribution in [3.8, 4) is 0 Å². The zero-order valence-electron chi connectivity index (χ0n) is 13.5. The number of benzene rings is 3. The Morgan fingerprint density at radius 3 is 2.36 bits per heavy atom. The number of hydrogen-bond acceptors (Lipinski definition) is 2. The normalized spacial score (nSPS) is 11.7. The van der Waals surface area contributed by atoms with Gasteiger partial charge in [-0.2, -0.15) is 0 Å². The molecule has 0 saturated heterocycles. The number of carboxylic acids is 1. The Labute approximate surface area is 151 Å². The average Bonchev–Trinajstić information content (AvgIpc) is 2.62. The Morgan fingerprint density at radius 1 is 0.960 bits per heavy atom. The predicted octanol–water partition coefficient (Wildman–Crippen LogP) is 3.82. The third-order valence-electron chi connectivity index (χ3n) is 3.89. The monoisotopic (exact) mass is 350 g/mol. The van der Waals surface area contributed by atoms with Crippen LogP contribution in [0, 0.1) is 0 Å². The van der Waals surface area contributed by atoms with E-state index >= 15 is 0 Å². The lowest BCUT2D eigenvalue weighted by molar-refractivity contribution is -0.139. The minimum absolute atomic E-state index is 0.291. The first-order valence-electron chi connectivity index (χ1n) is 7.95. The van der Waals surface area contributed by atoms with Crippen molar-refractivity contribution in [1.29, 1.82) is 0 Å². The maximum Gasteiger partial charge on any atom is 0.326 e. The second-order valence-electron chi connectivity index (χ2n) is 5.74. The van der Waals surface area contributed by atoms with Crippen molar-refractivity contribution in [2.45, 2.75) is 12.5 Å². The molecule has 0 heterocycles. The first-order chi connectivity index (χ1) is 12.1. The SMILES string of the molecule is O=C(O)C(Cc1ccc2ccccc2c1)NC(=S)Nc1ccccc1. The second-order valence-corrected chi connectivity index (χ2v) is 6.15. The third-order valence-corrected chi connectivity index (χ3v) is 4.11. The fourth-order valence-corrected chi connectivity index (χ4v) is 2.91. The van der Waals surface area contributed by atoms with Crippen LogP contribution in [-0.2, 0) is 11.2 Å². The van der Waals surface area contributed by atoms with E-state index in [1.807, 2.05) is 72.8 Å². The topological polar surface area (TPSA) is 61.4 Å². The lowest BCUT2D eigenvalue weighted by Crippen LogP contribution is -2.44. The molecule has 0 aromatic heterocycles. The van der Waals surface area contributed by atoms with Crippen molar-refractivity contribution >= 4 is 39.8 Å². The lowest BCUT2D eigenvalue weighted by atomic mass is 10.0. The molecule has 126 valence electrons. The summed E-state index contributed by atoms with van der Waals surface area (Å²) in [6, 6.07) is 22.6. The Balaban J connectivity index is 1.70. The molecule has 1 atom stereocenters. The van der Waals surface area contributed by atoms with Gasteiger partial charge < -0.3 is 15.7 Å². The number of fused-ring (bicyclic) bond motifs is 1. The molecule has 3 rings (SSSR count). The largest absolute Gasteiger partial charge is 0.480 e. The molecule has 0 amide bonds. The summed E-state index contributed by atoms with van der Waals surface area (Å²) >= 11 is 5.24. The highest BCUT2D eigenvalue weighted by atomic mass is 32.1. The fourth-order valence-electron chi connectivity index (χ4n) is 2.65. The Kier molecular flexibility index (Phi) is 5.26. The van der Waals surface area contributed by atoms with E-state index in [0.717, 1.165) is 22.0 Å². The molecule has 0 radical (unpaired) electrons. The van der Waals surface area contributed by atoms with E-state index < -0.39 is 12.0 Å². The number of para-hydroxylation sites is 1. The number of carboxylic acid groups (broad SMARTS) is 1. The standard InChI is InChI=1S/C20H18N2O2S/c23-19(24)18(22-20(25)21-17-8-2-1-3-9-17)13-14-10-11-15-6-4-5-7-16(15)12-14/h1-12,18H,13H2,(H,23,24)(H2,21,22,25). The van der Waals surface area contributed by atoms with E-state index in [9.17, 15) is 9.90 Å². The van der Waals surface area contributed by atoms with Crippen LogP contribution in [0.3, 0.4) is 0 Å². The van der Waals surface area contributed by atoms with Crippen LogP contribution in [-0.4, -0.2) is 22.2 Å². The highest BCUT2D eigenvalue weighted by molar-refractivity contribution is 7.80. The Hall–Kier alpha value is -2.92. The van der Waals surface area contributed by atoms with Crippen molar-refractivity contribution in [3.63, 3.8) is 0 Å². The summed E-state index contributed by atoms with van der Waals surface area (Å²) in [5.74, 6) is -0.939. The van der Waals surface area contributed by atoms with Gasteiger partial charge in [0.25, 0.3) is 0 Å². The summed E-state index contributed by atoms with van der Waals surface area (Å²) in [6.45, 7) is 0. The van der Waals surface area contributed by atoms with E-state index in [2.05, 4.69) is 10.6 Å². The number of thiocarbonyl (C=S) groups is 1. The minimum atomic E-state index is -0.939. The van der Waals surface area contributed by atoms with Crippen LogP contribution in [0.25, 0.3) is 10.8 Å². The van der Waals surface area contributed by atoms with E-state index in [4.69, 9.17) is 12.2 Å². The number of nitrogens with one attached hydrogen (secondary N) is 2. The van der Waals surface area contributed by atoms with Crippen LogP contribution in [0.1, 0.15) is 5.56 Å². The van der Waals surface area contributed by atoms with Gasteiger partial charge in [0.15, 0.2) is 5.11 Å². The molecule has 0 spiro atoms. The Bertz CT molecular complexity index is 896. The van der Waals surface area contributed by atoms with Crippen LogP contribution >= 0.6 is 12.2 Å². The summed E-state index contributed by atoms with van der Waals surface area (Å²) < 4.78 is 0. The summed E-state index contributed by atoms with van der Waals surface area (Å²) in [5, 5.41) is 17.9. The second kappa shape index (κ2) is 7.77. The molecule has 0 aliphatic carbocycles. The highest BCUT2D eigenvalue weighted by Gasteiger charge is 2.19. The summed E-state index contributed by atoms with van der Waals surface area (Å²) in [4.78, 5) is 11.6. The van der Waals surface area contributed by atoms with Crippen LogP contribution < -0.4 is 10.6 Å². The molecule has 0 bridgehead atoms. The summed E-state index contributed by atoms with van der Waals surface area (Å²) in [7, 11) is 0. The van der Waals surface area contributed by atoms with Crippen molar-refractivity contribution < 1.29 is 9.90 Å². The van der Waals surface area contributed by atoms with Crippen LogP contribution in [0.2, 0.25) is 0 Å². The molecule has 0 saturated carbocycles. The molecule has 0 aliphatic rings. The molecule has 5 heteroatoms. The molecule has 4 nitrogen and oxygen atoms in total. The van der Waals surface area contributed by atoms with Crippen LogP contribution in [0.4, 0.5) is 5.69 Å². The van der Waals surface area contributed by atoms with Gasteiger partial charge >= 0.3 is 5.97 Å². The molecular weight excluding hydrogens is 332 g/mol. The van der Waals surface area contributed by atoms with Crippen LogP contribution in [0.15, 0.2) is 72.8 Å². The van der Waals surface area contributed by atoms with Gasteiger partial charge in [0, 0.05) is 12.1 Å². The lowest BCUT2D eigenvalue weighted by Gasteiger charge is -2.17. The first kappa shape index (κ1) is 16.9. The predicted molar refractivity (Wildman–Crippen MR) is 105 cm³/mol. The minimum Gasteiger partial charge on any atom is -0.480 e. The molecule has 3 aromatic rings. The van der Waals surface area contributed by atoms with Crippen LogP contribution in [0.5, 0.6) is 0 Å². The maximum absolute atomic E-state index is 11.6. The van der Waals surface area contributed by atoms with E-state index in [-0.39, 0.29) is 0 Å². The summed E-state index contributed by atoms with van der Waals surface area (Å²) in [6.07, 6.45) is 0.344. The van der Waals surface area contributed by atoms with Gasteiger partial charge in [0.2, 0.25) is 0 Å². The average molecular weight is 350 g/mol. The molecule has 3 aromatic carbocycles. The zero-order valence-corrected chi connectivity index (χ0v) is 14.3. The van der Waals surface area contributed by atoms with E-state index in [1.54, 1.807) is 0 Å². The van der Waals surface area contributed by atoms with Gasteiger partial charge in [0.05, 0.1) is 0 Å². The number of anilines is 1. The maximum atomic E-state index is 11.6. The number of aliphatic carboxylic acids is 1. The summed E-state index contributed by atoms with van der Waals surface area (Å²) in [5.41, 5.74) is 1.76. The van der Waals surface area contributed by atoms with E-state index in [1.165, 1.54) is 0 Å². The van der Waals surface area contributed by atoms with Gasteiger partial charge in [-0.25, -0.2) is 4.79 Å². The quantitative estimate of drug-likeness (QED) is 0.611. The first-order valence-corrected chi connectivity index (χ1v) is 8.36. The molecule has 25 heavy (non-hydrogen) atoms.